The normalized spacial score (nSPS) is 24.0. The number of amides is 1. The Kier molecular flexibility index (Phi) is 4.54. The van der Waals surface area contributed by atoms with Gasteiger partial charge in [-0.15, -0.1) is 0 Å². The Morgan fingerprint density at radius 2 is 2.04 bits per heavy atom. The van der Waals surface area contributed by atoms with Gasteiger partial charge in [0.25, 0.3) is 11.6 Å². The van der Waals surface area contributed by atoms with Gasteiger partial charge < -0.3 is 10.0 Å². The molecule has 146 valence electrons. The van der Waals surface area contributed by atoms with Crippen LogP contribution in [0.15, 0.2) is 30.9 Å². The number of fused-ring (bicyclic) bond motifs is 1. The fraction of sp³-hybridized carbons (Fsp3) is 0.444. The van der Waals surface area contributed by atoms with Gasteiger partial charge in [-0.25, -0.2) is 14.5 Å². The summed E-state index contributed by atoms with van der Waals surface area (Å²) >= 11 is 0. The number of aromatic nitrogens is 3. The molecule has 4 rings (SSSR count). The molecule has 1 saturated carbocycles. The fourth-order valence-electron chi connectivity index (χ4n) is 4.45. The van der Waals surface area contributed by atoms with E-state index in [1.165, 1.54) is 40.4 Å². The first kappa shape index (κ1) is 18.1. The number of rotatable bonds is 4. The lowest BCUT2D eigenvalue weighted by molar-refractivity contribution is -0.384. The maximum Gasteiger partial charge on any atom is 0.326 e. The average Bonchev–Trinajstić information content (AvgIpc) is 3.34. The van der Waals surface area contributed by atoms with Gasteiger partial charge in [0, 0.05) is 17.7 Å². The number of carboxylic acids is 1. The predicted octanol–water partition coefficient (Wildman–Crippen LogP) is 2.03. The van der Waals surface area contributed by atoms with Crippen molar-refractivity contribution in [2.75, 3.05) is 0 Å². The highest BCUT2D eigenvalue weighted by Gasteiger charge is 2.47. The first-order chi connectivity index (χ1) is 13.5. The second kappa shape index (κ2) is 7.02. The highest BCUT2D eigenvalue weighted by atomic mass is 16.6. The molecule has 0 radical (unpaired) electrons. The summed E-state index contributed by atoms with van der Waals surface area (Å²) in [6, 6.07) is 3.08. The molecule has 0 spiro atoms. The van der Waals surface area contributed by atoms with Crippen LogP contribution in [0.2, 0.25) is 0 Å². The molecule has 10 nitrogen and oxygen atoms in total. The zero-order valence-electron chi connectivity index (χ0n) is 15.0. The van der Waals surface area contributed by atoms with E-state index in [-0.39, 0.29) is 28.9 Å². The quantitative estimate of drug-likeness (QED) is 0.629. The Labute approximate surface area is 159 Å². The number of nitro groups is 1. The number of carbonyl (C=O) groups excluding carboxylic acids is 1. The smallest absolute Gasteiger partial charge is 0.326 e. The summed E-state index contributed by atoms with van der Waals surface area (Å²) in [6.45, 7) is 0. The molecule has 1 aliphatic heterocycles. The number of hydrogen-bond acceptors (Lipinski definition) is 6. The predicted molar refractivity (Wildman–Crippen MR) is 96.0 cm³/mol. The number of carbonyl (C=O) groups is 2. The van der Waals surface area contributed by atoms with Crippen molar-refractivity contribution >= 4 is 17.6 Å². The summed E-state index contributed by atoms with van der Waals surface area (Å²) in [5.74, 6) is -1.34. The van der Waals surface area contributed by atoms with Gasteiger partial charge >= 0.3 is 5.97 Å². The van der Waals surface area contributed by atoms with Crippen LogP contribution in [-0.2, 0) is 4.79 Å². The number of aliphatic carboxylic acids is 1. The molecule has 1 aliphatic carbocycles. The standard InChI is InChI=1S/C18H19N5O5/c24-17(22-13-4-2-1-3-11(13)7-16(22)18(25)26)12-5-6-14(15(8-12)23(27)28)21-10-19-9-20-21/h5-6,8-11,13,16H,1-4,7H2,(H,25,26). The molecule has 2 aliphatic rings. The van der Waals surface area contributed by atoms with Gasteiger partial charge in [0.05, 0.1) is 4.92 Å². The molecule has 28 heavy (non-hydrogen) atoms. The molecule has 1 saturated heterocycles. The van der Waals surface area contributed by atoms with Crippen molar-refractivity contribution in [3.8, 4) is 5.69 Å². The lowest BCUT2D eigenvalue weighted by Crippen LogP contribution is -2.46. The molecule has 1 aromatic carbocycles. The van der Waals surface area contributed by atoms with Crippen LogP contribution in [0.3, 0.4) is 0 Å². The van der Waals surface area contributed by atoms with Gasteiger partial charge in [-0.05, 0) is 37.3 Å². The van der Waals surface area contributed by atoms with E-state index >= 15 is 0 Å². The molecule has 0 bridgehead atoms. The summed E-state index contributed by atoms with van der Waals surface area (Å²) in [6.07, 6.45) is 6.68. The molecule has 1 amide bonds. The molecule has 2 fully saturated rings. The van der Waals surface area contributed by atoms with Gasteiger partial charge in [0.2, 0.25) is 0 Å². The number of nitro benzene ring substituents is 1. The Balaban J connectivity index is 1.71. The first-order valence-electron chi connectivity index (χ1n) is 9.16. The zero-order valence-corrected chi connectivity index (χ0v) is 15.0. The lowest BCUT2D eigenvalue weighted by Gasteiger charge is -2.33. The van der Waals surface area contributed by atoms with E-state index < -0.39 is 22.8 Å². The summed E-state index contributed by atoms with van der Waals surface area (Å²) in [5, 5.41) is 25.1. The van der Waals surface area contributed by atoms with E-state index in [1.807, 2.05) is 0 Å². The summed E-state index contributed by atoms with van der Waals surface area (Å²) in [5.41, 5.74) is 0.00135. The highest BCUT2D eigenvalue weighted by Crippen LogP contribution is 2.40. The molecule has 10 heteroatoms. The molecule has 2 aromatic rings. The Morgan fingerprint density at radius 1 is 1.25 bits per heavy atom. The summed E-state index contributed by atoms with van der Waals surface area (Å²) in [7, 11) is 0. The second-order valence-corrected chi connectivity index (χ2v) is 7.21. The number of nitrogens with zero attached hydrogens (tertiary/aromatic N) is 5. The minimum atomic E-state index is -1.03. The Morgan fingerprint density at radius 3 is 2.71 bits per heavy atom. The van der Waals surface area contributed by atoms with Crippen LogP contribution < -0.4 is 0 Å². The first-order valence-corrected chi connectivity index (χ1v) is 9.16. The second-order valence-electron chi connectivity index (χ2n) is 7.21. The third kappa shape index (κ3) is 3.00. The molecular formula is C18H19N5O5. The zero-order chi connectivity index (χ0) is 19.8. The van der Waals surface area contributed by atoms with Crippen molar-refractivity contribution in [1.82, 2.24) is 19.7 Å². The molecule has 2 heterocycles. The van der Waals surface area contributed by atoms with Gasteiger partial charge in [-0.3, -0.25) is 14.9 Å². The summed E-state index contributed by atoms with van der Waals surface area (Å²) in [4.78, 5) is 41.1. The monoisotopic (exact) mass is 385 g/mol. The van der Waals surface area contributed by atoms with E-state index in [2.05, 4.69) is 10.1 Å². The maximum absolute atomic E-state index is 13.2. The minimum Gasteiger partial charge on any atom is -0.480 e. The van der Waals surface area contributed by atoms with Gasteiger partial charge in [-0.1, -0.05) is 12.8 Å². The van der Waals surface area contributed by atoms with E-state index in [0.717, 1.165) is 25.7 Å². The van der Waals surface area contributed by atoms with Crippen LogP contribution in [0, 0.1) is 16.0 Å². The largest absolute Gasteiger partial charge is 0.480 e. The lowest BCUT2D eigenvalue weighted by atomic mass is 9.84. The van der Waals surface area contributed by atoms with Crippen LogP contribution >= 0.6 is 0 Å². The fourth-order valence-corrected chi connectivity index (χ4v) is 4.45. The molecular weight excluding hydrogens is 366 g/mol. The Hall–Kier alpha value is -3.30. The molecule has 1 N–H and O–H groups in total. The van der Waals surface area contributed by atoms with E-state index in [1.54, 1.807) is 0 Å². The van der Waals surface area contributed by atoms with Crippen molar-refractivity contribution in [3.63, 3.8) is 0 Å². The number of likely N-dealkylation sites (tertiary alicyclic amines) is 1. The van der Waals surface area contributed by atoms with E-state index in [0.29, 0.717) is 6.42 Å². The Bertz CT molecular complexity index is 928. The molecule has 3 unspecified atom stereocenters. The average molecular weight is 385 g/mol. The van der Waals surface area contributed by atoms with Crippen molar-refractivity contribution in [2.45, 2.75) is 44.2 Å². The van der Waals surface area contributed by atoms with Crippen molar-refractivity contribution in [2.24, 2.45) is 5.92 Å². The minimum absolute atomic E-state index is 0.105. The maximum atomic E-state index is 13.2. The third-order valence-corrected chi connectivity index (χ3v) is 5.69. The van der Waals surface area contributed by atoms with E-state index in [4.69, 9.17) is 0 Å². The highest BCUT2D eigenvalue weighted by molar-refractivity contribution is 5.98. The topological polar surface area (TPSA) is 131 Å². The SMILES string of the molecule is O=C(O)C1CC2CCCCC2N1C(=O)c1ccc(-n2cncn2)c([N+](=O)[O-])c1. The van der Waals surface area contributed by atoms with Crippen molar-refractivity contribution in [3.05, 3.63) is 46.5 Å². The molecule has 3 atom stereocenters. The molecule has 1 aromatic heterocycles. The van der Waals surface area contributed by atoms with Crippen LogP contribution in [0.25, 0.3) is 5.69 Å². The van der Waals surface area contributed by atoms with Crippen molar-refractivity contribution in [1.29, 1.82) is 0 Å². The summed E-state index contributed by atoms with van der Waals surface area (Å²) < 4.78 is 1.25. The van der Waals surface area contributed by atoms with Crippen LogP contribution in [0.1, 0.15) is 42.5 Å². The van der Waals surface area contributed by atoms with Crippen LogP contribution in [0.5, 0.6) is 0 Å². The third-order valence-electron chi connectivity index (χ3n) is 5.69. The number of hydrogen-bond donors (Lipinski definition) is 1. The van der Waals surface area contributed by atoms with E-state index in [9.17, 15) is 24.8 Å². The van der Waals surface area contributed by atoms with Crippen molar-refractivity contribution < 1.29 is 19.6 Å². The number of carboxylic acid groups (broad SMARTS) is 1. The number of benzene rings is 1. The van der Waals surface area contributed by atoms with Gasteiger partial charge in [0.15, 0.2) is 0 Å². The van der Waals surface area contributed by atoms with Gasteiger partial charge in [0.1, 0.15) is 24.4 Å². The van der Waals surface area contributed by atoms with Gasteiger partial charge in [-0.2, -0.15) is 5.10 Å². The van der Waals surface area contributed by atoms with Crippen LogP contribution in [-0.4, -0.2) is 53.7 Å². The van der Waals surface area contributed by atoms with Crippen LogP contribution in [0.4, 0.5) is 5.69 Å².